The van der Waals surface area contributed by atoms with Gasteiger partial charge in [-0.15, -0.1) is 0 Å². The van der Waals surface area contributed by atoms with Crippen LogP contribution in [0.4, 0.5) is 0 Å². The summed E-state index contributed by atoms with van der Waals surface area (Å²) < 4.78 is 0. The van der Waals surface area contributed by atoms with Gasteiger partial charge in [-0.1, -0.05) is 13.8 Å². The summed E-state index contributed by atoms with van der Waals surface area (Å²) in [5.41, 5.74) is 3.22. The van der Waals surface area contributed by atoms with Crippen molar-refractivity contribution in [3.63, 3.8) is 0 Å². The second kappa shape index (κ2) is 2.87. The zero-order valence-corrected chi connectivity index (χ0v) is 9.68. The average molecular weight is 205 g/mol. The maximum atomic E-state index is 12.0. The normalized spacial score (nSPS) is 39.7. The zero-order chi connectivity index (χ0) is 10.6. The monoisotopic (exact) mass is 205 g/mol. The lowest BCUT2D eigenvalue weighted by atomic mass is 9.71. The van der Waals surface area contributed by atoms with Gasteiger partial charge < -0.3 is 4.90 Å². The van der Waals surface area contributed by atoms with E-state index in [0.717, 1.165) is 13.0 Å². The Hall–Kier alpha value is -0.790. The molecular weight excluding hydrogens is 186 g/mol. The Morgan fingerprint density at radius 1 is 1.47 bits per heavy atom. The molecule has 3 rings (SSSR count). The fourth-order valence-corrected chi connectivity index (χ4v) is 3.73. The minimum atomic E-state index is 0.194. The van der Waals surface area contributed by atoms with Crippen molar-refractivity contribution in [3.05, 3.63) is 11.3 Å². The first-order valence-electron chi connectivity index (χ1n) is 6.16. The summed E-state index contributed by atoms with van der Waals surface area (Å²) in [6.45, 7) is 5.58. The Morgan fingerprint density at radius 2 is 2.27 bits per heavy atom. The lowest BCUT2D eigenvalue weighted by Gasteiger charge is -2.40. The Kier molecular flexibility index (Phi) is 1.80. The molecule has 15 heavy (non-hydrogen) atoms. The fraction of sp³-hybridized carbons (Fsp3) is 0.769. The van der Waals surface area contributed by atoms with Crippen LogP contribution >= 0.6 is 0 Å². The number of nitrogens with zero attached hydrogens (tertiary/aromatic N) is 1. The third-order valence-electron chi connectivity index (χ3n) is 4.54. The van der Waals surface area contributed by atoms with E-state index in [1.165, 1.54) is 31.4 Å². The van der Waals surface area contributed by atoms with Crippen molar-refractivity contribution in [2.75, 3.05) is 6.54 Å². The minimum absolute atomic E-state index is 0.194. The second-order valence-corrected chi connectivity index (χ2v) is 5.70. The van der Waals surface area contributed by atoms with Gasteiger partial charge in [0.1, 0.15) is 0 Å². The zero-order valence-electron chi connectivity index (χ0n) is 9.68. The van der Waals surface area contributed by atoms with Gasteiger partial charge >= 0.3 is 0 Å². The maximum absolute atomic E-state index is 12.0. The standard InChI is InChI=1S/C13H19NO/c1-9-5-7-14-11(15)8-13(2)6-3-4-10(9)12(13)14/h9H,3-8H2,1-2H3/t9?,13-/m0/s1. The van der Waals surface area contributed by atoms with Gasteiger partial charge in [-0.3, -0.25) is 4.79 Å². The molecule has 0 saturated carbocycles. The van der Waals surface area contributed by atoms with Gasteiger partial charge in [0, 0.05) is 24.1 Å². The molecule has 2 heterocycles. The van der Waals surface area contributed by atoms with Crippen LogP contribution in [0.5, 0.6) is 0 Å². The SMILES string of the molecule is CC1CCN2C(=O)C[C@]3(C)CCCC1=C23. The number of hydrogen-bond acceptors (Lipinski definition) is 1. The number of amides is 1. The summed E-state index contributed by atoms with van der Waals surface area (Å²) in [4.78, 5) is 14.0. The van der Waals surface area contributed by atoms with E-state index in [9.17, 15) is 4.79 Å². The van der Waals surface area contributed by atoms with Crippen molar-refractivity contribution >= 4 is 5.91 Å². The molecule has 0 radical (unpaired) electrons. The molecule has 0 aromatic carbocycles. The number of allylic oxidation sites excluding steroid dienone is 2. The number of rotatable bonds is 0. The van der Waals surface area contributed by atoms with Crippen molar-refractivity contribution in [3.8, 4) is 0 Å². The van der Waals surface area contributed by atoms with Crippen molar-refractivity contribution in [2.24, 2.45) is 11.3 Å². The number of carbonyl (C=O) groups excluding carboxylic acids is 1. The average Bonchev–Trinajstić information content (AvgIpc) is 2.44. The summed E-state index contributed by atoms with van der Waals surface area (Å²) >= 11 is 0. The third kappa shape index (κ3) is 1.14. The van der Waals surface area contributed by atoms with Gasteiger partial charge in [0.05, 0.1) is 0 Å². The molecular formula is C13H19NO. The number of carbonyl (C=O) groups is 1. The Bertz CT molecular complexity index is 358. The van der Waals surface area contributed by atoms with Crippen LogP contribution in [0.3, 0.4) is 0 Å². The highest BCUT2D eigenvalue weighted by atomic mass is 16.2. The molecule has 0 N–H and O–H groups in total. The van der Waals surface area contributed by atoms with Crippen LogP contribution in [-0.4, -0.2) is 17.4 Å². The predicted octanol–water partition coefficient (Wildman–Crippen LogP) is 2.70. The van der Waals surface area contributed by atoms with Crippen LogP contribution in [0.1, 0.15) is 46.0 Å². The summed E-state index contributed by atoms with van der Waals surface area (Å²) in [6, 6.07) is 0. The molecule has 0 bridgehead atoms. The van der Waals surface area contributed by atoms with Gasteiger partial charge in [-0.25, -0.2) is 0 Å². The van der Waals surface area contributed by atoms with Gasteiger partial charge in [-0.05, 0) is 37.2 Å². The third-order valence-corrected chi connectivity index (χ3v) is 4.54. The number of hydrogen-bond donors (Lipinski definition) is 0. The van der Waals surface area contributed by atoms with Gasteiger partial charge in [-0.2, -0.15) is 0 Å². The fourth-order valence-electron chi connectivity index (χ4n) is 3.73. The molecule has 1 unspecified atom stereocenters. The molecule has 3 aliphatic rings. The second-order valence-electron chi connectivity index (χ2n) is 5.70. The Morgan fingerprint density at radius 3 is 3.07 bits per heavy atom. The molecule has 1 amide bonds. The smallest absolute Gasteiger partial charge is 0.227 e. The highest BCUT2D eigenvalue weighted by Gasteiger charge is 2.49. The maximum Gasteiger partial charge on any atom is 0.227 e. The van der Waals surface area contributed by atoms with E-state index >= 15 is 0 Å². The lowest BCUT2D eigenvalue weighted by Crippen LogP contribution is -2.35. The van der Waals surface area contributed by atoms with E-state index in [2.05, 4.69) is 18.7 Å². The van der Waals surface area contributed by atoms with Crippen molar-refractivity contribution in [1.82, 2.24) is 4.90 Å². The molecule has 1 aliphatic carbocycles. The summed E-state index contributed by atoms with van der Waals surface area (Å²) in [5, 5.41) is 0. The first-order valence-corrected chi connectivity index (χ1v) is 6.16. The molecule has 2 aliphatic heterocycles. The summed E-state index contributed by atoms with van der Waals surface area (Å²) in [7, 11) is 0. The van der Waals surface area contributed by atoms with Crippen molar-refractivity contribution in [1.29, 1.82) is 0 Å². The molecule has 2 atom stereocenters. The van der Waals surface area contributed by atoms with E-state index < -0.39 is 0 Å². The molecule has 1 saturated heterocycles. The highest BCUT2D eigenvalue weighted by molar-refractivity contribution is 5.83. The lowest BCUT2D eigenvalue weighted by molar-refractivity contribution is -0.127. The van der Waals surface area contributed by atoms with Crippen molar-refractivity contribution in [2.45, 2.75) is 46.0 Å². The predicted molar refractivity (Wildman–Crippen MR) is 59.1 cm³/mol. The van der Waals surface area contributed by atoms with E-state index in [1.54, 1.807) is 5.57 Å². The minimum Gasteiger partial charge on any atom is -0.316 e. The first kappa shape index (κ1) is 9.44. The van der Waals surface area contributed by atoms with E-state index in [-0.39, 0.29) is 5.41 Å². The summed E-state index contributed by atoms with van der Waals surface area (Å²) in [5.74, 6) is 1.08. The van der Waals surface area contributed by atoms with Crippen molar-refractivity contribution < 1.29 is 4.79 Å². The van der Waals surface area contributed by atoms with E-state index in [1.807, 2.05) is 0 Å². The molecule has 2 nitrogen and oxygen atoms in total. The van der Waals surface area contributed by atoms with Crippen LogP contribution in [-0.2, 0) is 4.79 Å². The Labute approximate surface area is 91.3 Å². The van der Waals surface area contributed by atoms with Crippen LogP contribution < -0.4 is 0 Å². The van der Waals surface area contributed by atoms with Crippen LogP contribution in [0.15, 0.2) is 11.3 Å². The Balaban J connectivity index is 2.16. The largest absolute Gasteiger partial charge is 0.316 e. The molecule has 2 heteroatoms. The first-order chi connectivity index (χ1) is 7.12. The van der Waals surface area contributed by atoms with Gasteiger partial charge in [0.2, 0.25) is 5.91 Å². The highest BCUT2D eigenvalue weighted by Crippen LogP contribution is 2.53. The molecule has 0 spiro atoms. The summed E-state index contributed by atoms with van der Waals surface area (Å²) in [6.07, 6.45) is 5.65. The molecule has 1 fully saturated rings. The molecule has 0 aromatic heterocycles. The van der Waals surface area contributed by atoms with Gasteiger partial charge in [0.25, 0.3) is 0 Å². The van der Waals surface area contributed by atoms with Crippen LogP contribution in [0.2, 0.25) is 0 Å². The molecule has 82 valence electrons. The topological polar surface area (TPSA) is 20.3 Å². The van der Waals surface area contributed by atoms with Crippen LogP contribution in [0.25, 0.3) is 0 Å². The molecule has 0 aromatic rings. The van der Waals surface area contributed by atoms with Gasteiger partial charge in [0.15, 0.2) is 0 Å². The van der Waals surface area contributed by atoms with E-state index in [0.29, 0.717) is 11.8 Å². The van der Waals surface area contributed by atoms with Crippen LogP contribution in [0, 0.1) is 11.3 Å². The van der Waals surface area contributed by atoms with E-state index in [4.69, 9.17) is 0 Å². The quantitative estimate of drug-likeness (QED) is 0.595.